The summed E-state index contributed by atoms with van der Waals surface area (Å²) >= 11 is 5.55. The molecule has 0 unspecified atom stereocenters. The molecule has 0 fully saturated rings. The first-order chi connectivity index (χ1) is 7.13. The molecule has 15 heavy (non-hydrogen) atoms. The van der Waals surface area contributed by atoms with Gasteiger partial charge in [0.05, 0.1) is 0 Å². The van der Waals surface area contributed by atoms with E-state index in [2.05, 4.69) is 11.9 Å². The van der Waals surface area contributed by atoms with Crippen molar-refractivity contribution in [3.63, 3.8) is 0 Å². The number of carbonyl (C=O) groups excluding carboxylic acids is 1. The van der Waals surface area contributed by atoms with Crippen LogP contribution in [0.5, 0.6) is 5.75 Å². The molecule has 0 aliphatic rings. The average Bonchev–Trinajstić information content (AvgIpc) is 2.26. The summed E-state index contributed by atoms with van der Waals surface area (Å²) in [6.45, 7) is 3.77. The van der Waals surface area contributed by atoms with Gasteiger partial charge in [0.15, 0.2) is 0 Å². The SMILES string of the molecule is C=C(Cl)COc1ccc(C(=O)NC)cc1. The largest absolute Gasteiger partial charge is 0.488 e. The lowest BCUT2D eigenvalue weighted by molar-refractivity contribution is 0.0963. The van der Waals surface area contributed by atoms with Gasteiger partial charge in [-0.1, -0.05) is 18.2 Å². The molecule has 0 heterocycles. The van der Waals surface area contributed by atoms with Gasteiger partial charge >= 0.3 is 0 Å². The lowest BCUT2D eigenvalue weighted by Crippen LogP contribution is -2.17. The van der Waals surface area contributed by atoms with Crippen LogP contribution in [0.1, 0.15) is 10.4 Å². The number of hydrogen-bond donors (Lipinski definition) is 1. The third-order valence-corrected chi connectivity index (χ3v) is 1.85. The number of hydrogen-bond acceptors (Lipinski definition) is 2. The van der Waals surface area contributed by atoms with E-state index in [1.165, 1.54) is 0 Å². The van der Waals surface area contributed by atoms with Gasteiger partial charge in [0.1, 0.15) is 12.4 Å². The van der Waals surface area contributed by atoms with Crippen LogP contribution in [0.25, 0.3) is 0 Å². The molecule has 1 rings (SSSR count). The number of carbonyl (C=O) groups is 1. The minimum Gasteiger partial charge on any atom is -0.488 e. The lowest BCUT2D eigenvalue weighted by Gasteiger charge is -2.05. The van der Waals surface area contributed by atoms with E-state index in [4.69, 9.17) is 16.3 Å². The first kappa shape index (κ1) is 11.6. The highest BCUT2D eigenvalue weighted by Crippen LogP contribution is 2.13. The van der Waals surface area contributed by atoms with Crippen molar-refractivity contribution in [2.24, 2.45) is 0 Å². The van der Waals surface area contributed by atoms with Crippen LogP contribution in [0.2, 0.25) is 0 Å². The summed E-state index contributed by atoms with van der Waals surface area (Å²) in [4.78, 5) is 11.2. The van der Waals surface area contributed by atoms with Crippen molar-refractivity contribution in [1.82, 2.24) is 5.32 Å². The Labute approximate surface area is 93.7 Å². The van der Waals surface area contributed by atoms with Gasteiger partial charge in [0, 0.05) is 17.6 Å². The van der Waals surface area contributed by atoms with E-state index >= 15 is 0 Å². The molecule has 80 valence electrons. The van der Waals surface area contributed by atoms with Crippen LogP contribution >= 0.6 is 11.6 Å². The highest BCUT2D eigenvalue weighted by molar-refractivity contribution is 6.29. The van der Waals surface area contributed by atoms with E-state index in [9.17, 15) is 4.79 Å². The zero-order valence-corrected chi connectivity index (χ0v) is 9.17. The molecule has 0 saturated heterocycles. The molecule has 0 radical (unpaired) electrons. The molecule has 0 atom stereocenters. The topological polar surface area (TPSA) is 38.3 Å². The number of amides is 1. The molecule has 3 nitrogen and oxygen atoms in total. The van der Waals surface area contributed by atoms with Crippen LogP contribution < -0.4 is 10.1 Å². The van der Waals surface area contributed by atoms with Crippen LogP contribution in [0.4, 0.5) is 0 Å². The van der Waals surface area contributed by atoms with Gasteiger partial charge in [0.2, 0.25) is 0 Å². The van der Waals surface area contributed by atoms with Crippen molar-refractivity contribution in [3.05, 3.63) is 41.4 Å². The van der Waals surface area contributed by atoms with Crippen molar-refractivity contribution in [1.29, 1.82) is 0 Å². The number of nitrogens with one attached hydrogen (secondary N) is 1. The fourth-order valence-electron chi connectivity index (χ4n) is 1.01. The molecule has 0 saturated carbocycles. The molecule has 1 amide bonds. The molecular weight excluding hydrogens is 214 g/mol. The average molecular weight is 226 g/mol. The van der Waals surface area contributed by atoms with Crippen molar-refractivity contribution >= 4 is 17.5 Å². The van der Waals surface area contributed by atoms with E-state index in [1.807, 2.05) is 0 Å². The normalized spacial score (nSPS) is 9.47. The number of rotatable bonds is 4. The van der Waals surface area contributed by atoms with E-state index in [0.29, 0.717) is 16.3 Å². The van der Waals surface area contributed by atoms with Gasteiger partial charge in [-0.05, 0) is 24.3 Å². The predicted molar refractivity (Wildman–Crippen MR) is 60.3 cm³/mol. The molecule has 1 N–H and O–H groups in total. The second-order valence-corrected chi connectivity index (χ2v) is 3.44. The second-order valence-electron chi connectivity index (χ2n) is 2.91. The van der Waals surface area contributed by atoms with Crippen LogP contribution in [0.3, 0.4) is 0 Å². The van der Waals surface area contributed by atoms with E-state index in [0.717, 1.165) is 0 Å². The first-order valence-electron chi connectivity index (χ1n) is 4.41. The Kier molecular flexibility index (Phi) is 4.18. The molecular formula is C11H12ClNO2. The first-order valence-corrected chi connectivity index (χ1v) is 4.79. The summed E-state index contributed by atoms with van der Waals surface area (Å²) in [7, 11) is 1.59. The molecule has 0 bridgehead atoms. The summed E-state index contributed by atoms with van der Waals surface area (Å²) < 4.78 is 5.27. The van der Waals surface area contributed by atoms with Gasteiger partial charge in [-0.25, -0.2) is 0 Å². The predicted octanol–water partition coefficient (Wildman–Crippen LogP) is 2.18. The van der Waals surface area contributed by atoms with Crippen LogP contribution in [-0.4, -0.2) is 19.6 Å². The molecule has 0 spiro atoms. The van der Waals surface area contributed by atoms with Gasteiger partial charge in [-0.2, -0.15) is 0 Å². The Hall–Kier alpha value is -1.48. The Balaban J connectivity index is 2.64. The summed E-state index contributed by atoms with van der Waals surface area (Å²) in [5, 5.41) is 2.97. The van der Waals surface area contributed by atoms with Crippen molar-refractivity contribution in [2.45, 2.75) is 0 Å². The van der Waals surface area contributed by atoms with Crippen LogP contribution in [0, 0.1) is 0 Å². The number of benzene rings is 1. The monoisotopic (exact) mass is 225 g/mol. The minimum atomic E-state index is -0.122. The van der Waals surface area contributed by atoms with Gasteiger partial charge < -0.3 is 10.1 Å². The summed E-state index contributed by atoms with van der Waals surface area (Å²) in [5.74, 6) is 0.535. The molecule has 0 aliphatic carbocycles. The second kappa shape index (κ2) is 5.41. The maximum atomic E-state index is 11.2. The minimum absolute atomic E-state index is 0.122. The van der Waals surface area contributed by atoms with Crippen molar-refractivity contribution in [3.8, 4) is 5.75 Å². The van der Waals surface area contributed by atoms with E-state index in [-0.39, 0.29) is 12.5 Å². The number of ether oxygens (including phenoxy) is 1. The Morgan fingerprint density at radius 2 is 2.07 bits per heavy atom. The third-order valence-electron chi connectivity index (χ3n) is 1.74. The summed E-state index contributed by atoms with van der Waals surface area (Å²) in [6, 6.07) is 6.80. The fourth-order valence-corrected chi connectivity index (χ4v) is 1.06. The Morgan fingerprint density at radius 1 is 1.47 bits per heavy atom. The Morgan fingerprint density at radius 3 is 2.53 bits per heavy atom. The number of halogens is 1. The van der Waals surface area contributed by atoms with Crippen LogP contribution in [-0.2, 0) is 0 Å². The summed E-state index contributed by atoms with van der Waals surface area (Å²) in [5.41, 5.74) is 0.592. The van der Waals surface area contributed by atoms with Crippen molar-refractivity contribution in [2.75, 3.05) is 13.7 Å². The Bertz CT molecular complexity index is 359. The molecule has 1 aromatic rings. The molecule has 4 heteroatoms. The van der Waals surface area contributed by atoms with Gasteiger partial charge in [-0.15, -0.1) is 0 Å². The highest BCUT2D eigenvalue weighted by Gasteiger charge is 2.02. The smallest absolute Gasteiger partial charge is 0.251 e. The zero-order valence-electron chi connectivity index (χ0n) is 8.42. The zero-order chi connectivity index (χ0) is 11.3. The molecule has 1 aromatic carbocycles. The maximum Gasteiger partial charge on any atom is 0.251 e. The quantitative estimate of drug-likeness (QED) is 0.853. The van der Waals surface area contributed by atoms with Crippen molar-refractivity contribution < 1.29 is 9.53 Å². The maximum absolute atomic E-state index is 11.2. The molecule has 0 aromatic heterocycles. The summed E-state index contributed by atoms with van der Waals surface area (Å²) in [6.07, 6.45) is 0. The fraction of sp³-hybridized carbons (Fsp3) is 0.182. The standard InChI is InChI=1S/C11H12ClNO2/c1-8(12)7-15-10-5-3-9(4-6-10)11(14)13-2/h3-6H,1,7H2,2H3,(H,13,14). The highest BCUT2D eigenvalue weighted by atomic mass is 35.5. The van der Waals surface area contributed by atoms with E-state index in [1.54, 1.807) is 31.3 Å². The molecule has 0 aliphatic heterocycles. The van der Waals surface area contributed by atoms with Gasteiger partial charge in [0.25, 0.3) is 5.91 Å². The lowest BCUT2D eigenvalue weighted by atomic mass is 10.2. The van der Waals surface area contributed by atoms with Gasteiger partial charge in [-0.3, -0.25) is 4.79 Å². The third kappa shape index (κ3) is 3.64. The van der Waals surface area contributed by atoms with Crippen LogP contribution in [0.15, 0.2) is 35.9 Å². The van der Waals surface area contributed by atoms with E-state index < -0.39 is 0 Å².